The summed E-state index contributed by atoms with van der Waals surface area (Å²) >= 11 is 0. The zero-order valence-electron chi connectivity index (χ0n) is 18.5. The molecule has 1 aromatic heterocycles. The van der Waals surface area contributed by atoms with E-state index >= 15 is 0 Å². The Balaban J connectivity index is 1.37. The van der Waals surface area contributed by atoms with Gasteiger partial charge in [-0.3, -0.25) is 9.59 Å². The molecule has 170 valence electrons. The Kier molecular flexibility index (Phi) is 6.97. The van der Waals surface area contributed by atoms with Crippen LogP contribution in [0, 0.1) is 11.7 Å². The molecular formula is C24H30FN5O2. The Morgan fingerprint density at radius 3 is 2.47 bits per heavy atom. The van der Waals surface area contributed by atoms with Gasteiger partial charge in [0.1, 0.15) is 5.82 Å². The van der Waals surface area contributed by atoms with E-state index in [0.717, 1.165) is 38.6 Å². The van der Waals surface area contributed by atoms with Gasteiger partial charge in [-0.2, -0.15) is 0 Å². The van der Waals surface area contributed by atoms with E-state index < -0.39 is 0 Å². The maximum atomic E-state index is 14.0. The van der Waals surface area contributed by atoms with Crippen molar-refractivity contribution in [3.63, 3.8) is 0 Å². The summed E-state index contributed by atoms with van der Waals surface area (Å²) in [7, 11) is 1.73. The number of piperidine rings is 2. The second-order valence-electron chi connectivity index (χ2n) is 8.59. The number of nitrogens with zero attached hydrogens (tertiary/aromatic N) is 4. The summed E-state index contributed by atoms with van der Waals surface area (Å²) in [6.45, 7) is 2.04. The minimum Gasteiger partial charge on any atom is -0.357 e. The highest BCUT2D eigenvalue weighted by Gasteiger charge is 2.35. The van der Waals surface area contributed by atoms with Crippen molar-refractivity contribution < 1.29 is 14.0 Å². The number of amides is 2. The molecule has 4 rings (SSSR count). The lowest BCUT2D eigenvalue weighted by Crippen LogP contribution is -2.51. The van der Waals surface area contributed by atoms with Gasteiger partial charge in [0.25, 0.3) is 5.91 Å². The molecule has 0 unspecified atom stereocenters. The second-order valence-corrected chi connectivity index (χ2v) is 8.59. The zero-order valence-corrected chi connectivity index (χ0v) is 18.5. The van der Waals surface area contributed by atoms with Crippen LogP contribution < -0.4 is 5.32 Å². The average Bonchev–Trinajstić information content (AvgIpc) is 2.85. The third-order valence-corrected chi connectivity index (χ3v) is 6.66. The molecule has 3 heterocycles. The van der Waals surface area contributed by atoms with Crippen LogP contribution >= 0.6 is 0 Å². The standard InChI is InChI=1S/C24H30FN5O2/c1-26-24-27-15-19(16-28-24)23(32)29-12-9-17(10-13-29)21-8-4-5-11-30(21)22(31)14-18-6-2-3-7-20(18)25/h2-3,6-7,15-17,21H,4-5,8-14H2,1H3,(H,26,27,28)/t21-/m0/s1. The number of hydrogen-bond acceptors (Lipinski definition) is 5. The Bertz CT molecular complexity index is 944. The fourth-order valence-electron chi connectivity index (χ4n) is 4.90. The Labute approximate surface area is 188 Å². The number of benzene rings is 1. The van der Waals surface area contributed by atoms with Gasteiger partial charge in [0.05, 0.1) is 12.0 Å². The Morgan fingerprint density at radius 2 is 1.78 bits per heavy atom. The molecule has 0 aliphatic carbocycles. The van der Waals surface area contributed by atoms with Gasteiger partial charge in [0, 0.05) is 45.1 Å². The third kappa shape index (κ3) is 4.89. The highest BCUT2D eigenvalue weighted by molar-refractivity contribution is 5.93. The predicted molar refractivity (Wildman–Crippen MR) is 120 cm³/mol. The van der Waals surface area contributed by atoms with Gasteiger partial charge in [0.2, 0.25) is 11.9 Å². The maximum Gasteiger partial charge on any atom is 0.256 e. The highest BCUT2D eigenvalue weighted by atomic mass is 19.1. The molecule has 2 amide bonds. The van der Waals surface area contributed by atoms with Crippen molar-refractivity contribution in [2.24, 2.45) is 5.92 Å². The lowest BCUT2D eigenvalue weighted by molar-refractivity contribution is -0.136. The van der Waals surface area contributed by atoms with Crippen LogP contribution in [0.3, 0.4) is 0 Å². The molecule has 2 aromatic rings. The number of anilines is 1. The average molecular weight is 440 g/mol. The largest absolute Gasteiger partial charge is 0.357 e. The number of rotatable bonds is 5. The van der Waals surface area contributed by atoms with Crippen molar-refractivity contribution in [1.29, 1.82) is 0 Å². The summed E-state index contributed by atoms with van der Waals surface area (Å²) in [4.78, 5) is 38.0. The van der Waals surface area contributed by atoms with Gasteiger partial charge >= 0.3 is 0 Å². The van der Waals surface area contributed by atoms with E-state index in [1.165, 1.54) is 6.07 Å². The molecule has 0 radical (unpaired) electrons. The number of nitrogens with one attached hydrogen (secondary N) is 1. The molecule has 7 nitrogen and oxygen atoms in total. The molecule has 2 aliphatic rings. The van der Waals surface area contributed by atoms with Gasteiger partial charge in [-0.1, -0.05) is 18.2 Å². The topological polar surface area (TPSA) is 78.4 Å². The molecule has 1 atom stereocenters. The molecule has 0 saturated carbocycles. The monoisotopic (exact) mass is 439 g/mol. The van der Waals surface area contributed by atoms with Crippen molar-refractivity contribution in [3.8, 4) is 0 Å². The first-order valence-electron chi connectivity index (χ1n) is 11.4. The summed E-state index contributed by atoms with van der Waals surface area (Å²) in [6, 6.07) is 6.66. The van der Waals surface area contributed by atoms with Crippen molar-refractivity contribution >= 4 is 17.8 Å². The summed E-state index contributed by atoms with van der Waals surface area (Å²) in [5, 5.41) is 2.85. The van der Waals surface area contributed by atoms with Crippen molar-refractivity contribution in [2.75, 3.05) is 32.0 Å². The first-order valence-corrected chi connectivity index (χ1v) is 11.4. The Morgan fingerprint density at radius 1 is 1.06 bits per heavy atom. The smallest absolute Gasteiger partial charge is 0.256 e. The number of hydrogen-bond donors (Lipinski definition) is 1. The molecule has 0 bridgehead atoms. The lowest BCUT2D eigenvalue weighted by Gasteiger charge is -2.43. The van der Waals surface area contributed by atoms with Crippen LogP contribution in [0.2, 0.25) is 0 Å². The van der Waals surface area contributed by atoms with Gasteiger partial charge < -0.3 is 15.1 Å². The number of carbonyl (C=O) groups is 2. The summed E-state index contributed by atoms with van der Waals surface area (Å²) in [5.74, 6) is 0.458. The molecule has 0 spiro atoms. The molecular weight excluding hydrogens is 409 g/mol. The molecule has 8 heteroatoms. The quantitative estimate of drug-likeness (QED) is 0.775. The lowest BCUT2D eigenvalue weighted by atomic mass is 9.83. The van der Waals surface area contributed by atoms with Crippen molar-refractivity contribution in [3.05, 3.63) is 53.6 Å². The fourth-order valence-corrected chi connectivity index (χ4v) is 4.90. The van der Waals surface area contributed by atoms with Crippen LogP contribution in [0.5, 0.6) is 0 Å². The molecule has 2 fully saturated rings. The number of likely N-dealkylation sites (tertiary alicyclic amines) is 2. The van der Waals surface area contributed by atoms with Crippen LogP contribution in [-0.2, 0) is 11.2 Å². The number of aromatic nitrogens is 2. The van der Waals surface area contributed by atoms with E-state index in [9.17, 15) is 14.0 Å². The van der Waals surface area contributed by atoms with Gasteiger partial charge in [-0.05, 0) is 49.7 Å². The fraction of sp³-hybridized carbons (Fsp3) is 0.500. The summed E-state index contributed by atoms with van der Waals surface area (Å²) in [6.07, 6.45) is 7.98. The molecule has 1 aromatic carbocycles. The van der Waals surface area contributed by atoms with E-state index in [1.54, 1.807) is 37.6 Å². The van der Waals surface area contributed by atoms with Gasteiger partial charge in [-0.15, -0.1) is 0 Å². The predicted octanol–water partition coefficient (Wildman–Crippen LogP) is 3.13. The van der Waals surface area contributed by atoms with Crippen LogP contribution in [0.1, 0.15) is 48.0 Å². The third-order valence-electron chi connectivity index (χ3n) is 6.66. The second kappa shape index (κ2) is 10.1. The van der Waals surface area contributed by atoms with Crippen LogP contribution in [0.15, 0.2) is 36.7 Å². The minimum atomic E-state index is -0.326. The molecule has 1 N–H and O–H groups in total. The van der Waals surface area contributed by atoms with Crippen LogP contribution in [0.4, 0.5) is 10.3 Å². The van der Waals surface area contributed by atoms with Crippen molar-refractivity contribution in [2.45, 2.75) is 44.6 Å². The Hall–Kier alpha value is -3.03. The molecule has 2 aliphatic heterocycles. The van der Waals surface area contributed by atoms with Crippen LogP contribution in [0.25, 0.3) is 0 Å². The van der Waals surface area contributed by atoms with E-state index in [-0.39, 0.29) is 30.1 Å². The molecule has 32 heavy (non-hydrogen) atoms. The molecule has 2 saturated heterocycles. The highest BCUT2D eigenvalue weighted by Crippen LogP contribution is 2.31. The van der Waals surface area contributed by atoms with Gasteiger partial charge in [0.15, 0.2) is 0 Å². The summed E-state index contributed by atoms with van der Waals surface area (Å²) < 4.78 is 14.0. The van der Waals surface area contributed by atoms with E-state index in [2.05, 4.69) is 15.3 Å². The van der Waals surface area contributed by atoms with E-state index in [0.29, 0.717) is 36.1 Å². The first-order chi connectivity index (χ1) is 15.6. The van der Waals surface area contributed by atoms with E-state index in [1.807, 2.05) is 9.80 Å². The summed E-state index contributed by atoms with van der Waals surface area (Å²) in [5.41, 5.74) is 0.940. The zero-order chi connectivity index (χ0) is 22.5. The van der Waals surface area contributed by atoms with E-state index in [4.69, 9.17) is 0 Å². The first kappa shape index (κ1) is 22.2. The number of halogens is 1. The van der Waals surface area contributed by atoms with Gasteiger partial charge in [-0.25, -0.2) is 14.4 Å². The maximum absolute atomic E-state index is 14.0. The number of carbonyl (C=O) groups excluding carboxylic acids is 2. The normalized spacial score (nSPS) is 19.6. The minimum absolute atomic E-state index is 0.0000723. The SMILES string of the molecule is CNc1ncc(C(=O)N2CCC([C@@H]3CCCCN3C(=O)Cc3ccccc3F)CC2)cn1. The van der Waals surface area contributed by atoms with Crippen LogP contribution in [-0.4, -0.2) is 64.3 Å². The van der Waals surface area contributed by atoms with Crippen molar-refractivity contribution in [1.82, 2.24) is 19.8 Å².